The van der Waals surface area contributed by atoms with Crippen molar-refractivity contribution in [2.24, 2.45) is 5.92 Å². The molecule has 3 aliphatic rings. The predicted octanol–water partition coefficient (Wildman–Crippen LogP) is 11.6. The summed E-state index contributed by atoms with van der Waals surface area (Å²) in [4.78, 5) is 2.18. The highest BCUT2D eigenvalue weighted by atomic mass is 35.5. The number of allylic oxidation sites excluding steroid dienone is 8. The Morgan fingerprint density at radius 3 is 2.09 bits per heavy atom. The molecule has 0 aromatic heterocycles. The summed E-state index contributed by atoms with van der Waals surface area (Å²) in [5.74, 6) is 0.232. The van der Waals surface area contributed by atoms with Crippen molar-refractivity contribution < 1.29 is 17.5 Å². The molecule has 0 bridgehead atoms. The van der Waals surface area contributed by atoms with E-state index in [-0.39, 0.29) is 21.6 Å². The van der Waals surface area contributed by atoms with Gasteiger partial charge >= 0.3 is 0 Å². The van der Waals surface area contributed by atoms with Crippen LogP contribution in [-0.4, -0.2) is 37.4 Å². The molecule has 0 saturated carbocycles. The molecule has 5 aromatic rings. The minimum atomic E-state index is -4.27. The van der Waals surface area contributed by atoms with Gasteiger partial charge in [-0.1, -0.05) is 116 Å². The van der Waals surface area contributed by atoms with Crippen LogP contribution in [0.3, 0.4) is 0 Å². The Kier molecular flexibility index (Phi) is 10.3. The number of benzene rings is 5. The van der Waals surface area contributed by atoms with E-state index in [1.165, 1.54) is 73.2 Å². The van der Waals surface area contributed by atoms with E-state index in [0.29, 0.717) is 0 Å². The van der Waals surface area contributed by atoms with Crippen molar-refractivity contribution in [3.63, 3.8) is 0 Å². The Labute approximate surface area is 331 Å². The smallest absolute Gasteiger partial charge is 0.210 e. The molecule has 1 aliphatic carbocycles. The van der Waals surface area contributed by atoms with Crippen LogP contribution < -0.4 is 4.90 Å². The van der Waals surface area contributed by atoms with Gasteiger partial charge in [-0.3, -0.25) is 0 Å². The number of fused-ring (bicyclic) bond motifs is 6. The second-order valence-electron chi connectivity index (χ2n) is 16.0. The van der Waals surface area contributed by atoms with Crippen molar-refractivity contribution in [1.82, 2.24) is 0 Å². The number of anilines is 1. The summed E-state index contributed by atoms with van der Waals surface area (Å²) in [7, 11) is 0.120. The molecule has 7 heteroatoms. The van der Waals surface area contributed by atoms with E-state index in [9.17, 15) is 13.0 Å². The van der Waals surface area contributed by atoms with Gasteiger partial charge in [0.25, 0.3) is 0 Å². The third kappa shape index (κ3) is 7.12. The molecular weight excluding hydrogens is 720 g/mol. The molecule has 55 heavy (non-hydrogen) atoms. The molecule has 5 aromatic carbocycles. The van der Waals surface area contributed by atoms with Gasteiger partial charge in [0.2, 0.25) is 5.69 Å². The Morgan fingerprint density at radius 2 is 1.44 bits per heavy atom. The van der Waals surface area contributed by atoms with E-state index < -0.39 is 10.1 Å². The quantitative estimate of drug-likeness (QED) is 0.132. The summed E-state index contributed by atoms with van der Waals surface area (Å²) in [6.45, 7) is 11.2. The Hall–Kier alpha value is -4.75. The lowest BCUT2D eigenvalue weighted by Crippen LogP contribution is -2.27. The molecule has 2 heterocycles. The zero-order valence-corrected chi connectivity index (χ0v) is 34.3. The van der Waals surface area contributed by atoms with E-state index in [0.717, 1.165) is 29.9 Å². The minimum Gasteiger partial charge on any atom is -0.744 e. The van der Waals surface area contributed by atoms with Crippen LogP contribution in [0, 0.1) is 12.8 Å². The molecular formula is C48H49ClN2O3S. The maximum absolute atomic E-state index is 10.4. The van der Waals surface area contributed by atoms with E-state index in [4.69, 9.17) is 11.6 Å². The highest BCUT2D eigenvalue weighted by Crippen LogP contribution is 2.50. The highest BCUT2D eigenvalue weighted by molar-refractivity contribution is 7.85. The van der Waals surface area contributed by atoms with Crippen molar-refractivity contribution in [3.8, 4) is 0 Å². The average molecular weight is 769 g/mol. The standard InChI is InChI=1S/C41H42ClN2.C7H8O3S/c1-40(2)35(43(5)33-24-21-27-13-7-9-18-31(27)37(33)40)20-12-17-29-15-11-16-30(39(29)42)23-26-36-41(3,4)38-32-19-10-8-14-28(32)22-25-34(38)44(36)6;1-6-2-4-7(5-3-6)11(8,9)10/h7-10,12-14,17-26,30H,11,15-16H2,1-6H3;2-5H,1H3,(H,8,9,10)/q+1;/p-1/b17-12+,26-23+,35-20+;. The molecule has 1 atom stereocenters. The lowest BCUT2D eigenvalue weighted by molar-refractivity contribution is -0.401. The number of rotatable bonds is 5. The second-order valence-corrected chi connectivity index (χ2v) is 17.8. The third-order valence-electron chi connectivity index (χ3n) is 11.7. The first kappa shape index (κ1) is 38.5. The van der Waals surface area contributed by atoms with Crippen LogP contribution in [0.1, 0.15) is 63.6 Å². The second kappa shape index (κ2) is 14.7. The normalized spacial score (nSPS) is 19.8. The van der Waals surface area contributed by atoms with Gasteiger partial charge in [0.05, 0.1) is 10.3 Å². The van der Waals surface area contributed by atoms with E-state index in [2.05, 4.69) is 154 Å². The topological polar surface area (TPSA) is 63.5 Å². The zero-order valence-electron chi connectivity index (χ0n) is 32.7. The lowest BCUT2D eigenvalue weighted by Gasteiger charge is -2.24. The first-order chi connectivity index (χ1) is 26.1. The molecule has 282 valence electrons. The average Bonchev–Trinajstić information content (AvgIpc) is 3.48. The molecule has 8 rings (SSSR count). The monoisotopic (exact) mass is 768 g/mol. The van der Waals surface area contributed by atoms with E-state index in [1.54, 1.807) is 12.1 Å². The van der Waals surface area contributed by atoms with Crippen LogP contribution in [0.2, 0.25) is 0 Å². The van der Waals surface area contributed by atoms with E-state index in [1.807, 2.05) is 6.92 Å². The van der Waals surface area contributed by atoms with E-state index >= 15 is 0 Å². The number of nitrogens with zero attached hydrogens (tertiary/aromatic N) is 2. The molecule has 5 nitrogen and oxygen atoms in total. The summed E-state index contributed by atoms with van der Waals surface area (Å²) in [6.07, 6.45) is 14.7. The SMILES string of the molecule is CN1/C(=C/C=C/C2=C(Cl)C(/C=C/C3=[N+](C)c4ccc5ccccc5c4C3(C)C)CCC2)C(C)(C)c2c1ccc1ccccc21.Cc1ccc(S(=O)(=O)[O-])cc1. The van der Waals surface area contributed by atoms with Gasteiger partial charge in [0.1, 0.15) is 17.2 Å². The molecule has 0 fully saturated rings. The lowest BCUT2D eigenvalue weighted by atomic mass is 9.78. The van der Waals surface area contributed by atoms with Gasteiger partial charge in [0, 0.05) is 52.5 Å². The fourth-order valence-corrected chi connectivity index (χ4v) is 9.70. The summed E-state index contributed by atoms with van der Waals surface area (Å²) >= 11 is 7.15. The number of hydrogen-bond donors (Lipinski definition) is 0. The number of aryl methyl sites for hydroxylation is 1. The van der Waals surface area contributed by atoms with Crippen LogP contribution in [0.4, 0.5) is 11.4 Å². The fraction of sp³-hybridized carbons (Fsp3) is 0.271. The molecule has 0 amide bonds. The van der Waals surface area contributed by atoms with Crippen molar-refractivity contribution in [1.29, 1.82) is 0 Å². The van der Waals surface area contributed by atoms with Crippen molar-refractivity contribution >= 4 is 60.4 Å². The maximum Gasteiger partial charge on any atom is 0.210 e. The summed E-state index contributed by atoms with van der Waals surface area (Å²) < 4.78 is 33.5. The van der Waals surface area contributed by atoms with Crippen LogP contribution in [0.25, 0.3) is 21.5 Å². The zero-order chi connectivity index (χ0) is 39.3. The summed E-state index contributed by atoms with van der Waals surface area (Å²) in [5, 5.41) is 6.26. The van der Waals surface area contributed by atoms with Crippen LogP contribution in [0.15, 0.2) is 149 Å². The van der Waals surface area contributed by atoms with Crippen LogP contribution in [0.5, 0.6) is 0 Å². The highest BCUT2D eigenvalue weighted by Gasteiger charge is 2.44. The van der Waals surface area contributed by atoms with Crippen molar-refractivity contribution in [2.75, 3.05) is 19.0 Å². The summed E-state index contributed by atoms with van der Waals surface area (Å²) in [5.41, 5.74) is 10.0. The minimum absolute atomic E-state index is 0.0917. The molecule has 0 radical (unpaired) electrons. The number of hydrogen-bond acceptors (Lipinski definition) is 4. The Morgan fingerprint density at radius 1 is 0.818 bits per heavy atom. The van der Waals surface area contributed by atoms with Gasteiger partial charge < -0.3 is 9.45 Å². The van der Waals surface area contributed by atoms with Gasteiger partial charge in [-0.25, -0.2) is 8.42 Å². The molecule has 1 unspecified atom stereocenters. The largest absolute Gasteiger partial charge is 0.744 e. The Balaban J connectivity index is 0.000000366. The van der Waals surface area contributed by atoms with Crippen molar-refractivity contribution in [3.05, 3.63) is 160 Å². The molecule has 2 aliphatic heterocycles. The van der Waals surface area contributed by atoms with Gasteiger partial charge in [-0.15, -0.1) is 0 Å². The third-order valence-corrected chi connectivity index (χ3v) is 13.1. The first-order valence-corrected chi connectivity index (χ1v) is 20.8. The van der Waals surface area contributed by atoms with Crippen LogP contribution in [-0.2, 0) is 20.9 Å². The molecule has 0 saturated heterocycles. The molecule has 0 spiro atoms. The van der Waals surface area contributed by atoms with Crippen LogP contribution >= 0.6 is 11.6 Å². The van der Waals surface area contributed by atoms with Crippen molar-refractivity contribution in [2.45, 2.75) is 69.6 Å². The van der Waals surface area contributed by atoms with Gasteiger partial charge in [-0.05, 0) is 103 Å². The first-order valence-electron chi connectivity index (χ1n) is 19.0. The van der Waals surface area contributed by atoms with Gasteiger partial charge in [0.15, 0.2) is 5.71 Å². The number of likely N-dealkylation sites (N-methyl/N-ethyl adjacent to an activating group) is 1. The predicted molar refractivity (Wildman–Crippen MR) is 229 cm³/mol. The molecule has 0 N–H and O–H groups in total. The number of halogens is 1. The fourth-order valence-electron chi connectivity index (χ4n) is 8.90. The maximum atomic E-state index is 10.4. The van der Waals surface area contributed by atoms with Gasteiger partial charge in [-0.2, -0.15) is 4.58 Å². The summed E-state index contributed by atoms with van der Waals surface area (Å²) in [6, 6.07) is 32.3. The Bertz CT molecular complexity index is 2590.